The van der Waals surface area contributed by atoms with E-state index in [9.17, 15) is 5.11 Å². The normalized spacial score (nSPS) is 12.3. The van der Waals surface area contributed by atoms with Gasteiger partial charge < -0.3 is 10.4 Å². The van der Waals surface area contributed by atoms with Crippen molar-refractivity contribution in [1.29, 1.82) is 0 Å². The van der Waals surface area contributed by atoms with Gasteiger partial charge in [0, 0.05) is 12.6 Å². The molecule has 2 aromatic carbocycles. The van der Waals surface area contributed by atoms with Crippen LogP contribution in [0.25, 0.3) is 0 Å². The second-order valence-corrected chi connectivity index (χ2v) is 4.92. The minimum absolute atomic E-state index is 0.322. The lowest BCUT2D eigenvalue weighted by Crippen LogP contribution is -2.20. The first-order chi connectivity index (χ1) is 9.19. The summed E-state index contributed by atoms with van der Waals surface area (Å²) in [5.41, 5.74) is 3.70. The molecule has 0 aliphatic rings. The highest BCUT2D eigenvalue weighted by Gasteiger charge is 2.08. The molecule has 0 fully saturated rings. The van der Waals surface area contributed by atoms with E-state index in [4.69, 9.17) is 0 Å². The Morgan fingerprint density at radius 1 is 1.11 bits per heavy atom. The molecule has 100 valence electrons. The van der Waals surface area contributed by atoms with Crippen LogP contribution < -0.4 is 5.32 Å². The van der Waals surface area contributed by atoms with Gasteiger partial charge in [-0.15, -0.1) is 0 Å². The fourth-order valence-electron chi connectivity index (χ4n) is 2.20. The zero-order valence-corrected chi connectivity index (χ0v) is 11.6. The van der Waals surface area contributed by atoms with Gasteiger partial charge in [-0.1, -0.05) is 48.9 Å². The predicted molar refractivity (Wildman–Crippen MR) is 79.2 cm³/mol. The number of phenols is 1. The van der Waals surface area contributed by atoms with E-state index in [1.165, 1.54) is 11.1 Å². The van der Waals surface area contributed by atoms with Crippen LogP contribution in [-0.4, -0.2) is 5.11 Å². The molecule has 2 rings (SSSR count). The van der Waals surface area contributed by atoms with Gasteiger partial charge in [0.1, 0.15) is 5.75 Å². The molecule has 1 atom stereocenters. The van der Waals surface area contributed by atoms with Crippen molar-refractivity contribution in [2.75, 3.05) is 0 Å². The molecular weight excluding hydrogens is 234 g/mol. The Bertz CT molecular complexity index is 519. The van der Waals surface area contributed by atoms with E-state index >= 15 is 0 Å². The van der Waals surface area contributed by atoms with E-state index < -0.39 is 0 Å². The van der Waals surface area contributed by atoms with E-state index in [0.29, 0.717) is 11.8 Å². The van der Waals surface area contributed by atoms with E-state index in [-0.39, 0.29) is 0 Å². The summed E-state index contributed by atoms with van der Waals surface area (Å²) < 4.78 is 0. The highest BCUT2D eigenvalue weighted by Crippen LogP contribution is 2.18. The second-order valence-electron chi connectivity index (χ2n) is 4.92. The van der Waals surface area contributed by atoms with Crippen molar-refractivity contribution in [2.24, 2.45) is 0 Å². The van der Waals surface area contributed by atoms with Gasteiger partial charge in [0.2, 0.25) is 0 Å². The van der Waals surface area contributed by atoms with Crippen LogP contribution in [0.3, 0.4) is 0 Å². The lowest BCUT2D eigenvalue weighted by Gasteiger charge is -2.18. The Morgan fingerprint density at radius 2 is 1.84 bits per heavy atom. The molecule has 0 heterocycles. The van der Waals surface area contributed by atoms with Crippen molar-refractivity contribution >= 4 is 0 Å². The largest absolute Gasteiger partial charge is 0.508 e. The number of benzene rings is 2. The topological polar surface area (TPSA) is 32.3 Å². The second kappa shape index (κ2) is 6.39. The maximum atomic E-state index is 9.46. The molecule has 0 aromatic heterocycles. The van der Waals surface area contributed by atoms with Crippen molar-refractivity contribution in [3.63, 3.8) is 0 Å². The molecule has 0 saturated heterocycles. The van der Waals surface area contributed by atoms with Crippen LogP contribution in [0.1, 0.15) is 36.1 Å². The van der Waals surface area contributed by atoms with Crippen molar-refractivity contribution in [1.82, 2.24) is 5.32 Å². The first-order valence-electron chi connectivity index (χ1n) is 6.77. The molecule has 2 nitrogen and oxygen atoms in total. The highest BCUT2D eigenvalue weighted by molar-refractivity contribution is 5.28. The van der Waals surface area contributed by atoms with Gasteiger partial charge in [0.25, 0.3) is 0 Å². The summed E-state index contributed by atoms with van der Waals surface area (Å²) in [6.45, 7) is 5.05. The molecule has 0 radical (unpaired) electrons. The van der Waals surface area contributed by atoms with Crippen LogP contribution in [0, 0.1) is 6.92 Å². The first kappa shape index (κ1) is 13.6. The molecule has 2 aromatic rings. The molecular formula is C17H21NO. The molecule has 2 N–H and O–H groups in total. The van der Waals surface area contributed by atoms with Crippen LogP contribution in [-0.2, 0) is 6.54 Å². The van der Waals surface area contributed by atoms with Crippen LogP contribution in [0.4, 0.5) is 0 Å². The van der Waals surface area contributed by atoms with E-state index in [0.717, 1.165) is 18.5 Å². The number of nitrogens with one attached hydrogen (secondary N) is 1. The zero-order valence-electron chi connectivity index (χ0n) is 11.6. The number of phenolic OH excluding ortho intramolecular Hbond substituents is 1. The third-order valence-electron chi connectivity index (χ3n) is 3.35. The van der Waals surface area contributed by atoms with Crippen LogP contribution in [0.5, 0.6) is 5.75 Å². The summed E-state index contributed by atoms with van der Waals surface area (Å²) in [6, 6.07) is 16.4. The Balaban J connectivity index is 2.01. The fourth-order valence-corrected chi connectivity index (χ4v) is 2.20. The molecule has 19 heavy (non-hydrogen) atoms. The number of aryl methyl sites for hydroxylation is 1. The summed E-state index contributed by atoms with van der Waals surface area (Å²) in [4.78, 5) is 0. The Hall–Kier alpha value is -1.80. The van der Waals surface area contributed by atoms with Crippen LogP contribution >= 0.6 is 0 Å². The highest BCUT2D eigenvalue weighted by atomic mass is 16.3. The van der Waals surface area contributed by atoms with Gasteiger partial charge in [-0.25, -0.2) is 0 Å². The van der Waals surface area contributed by atoms with Gasteiger partial charge in [-0.2, -0.15) is 0 Å². The van der Waals surface area contributed by atoms with E-state index in [1.54, 1.807) is 12.1 Å². The summed E-state index contributed by atoms with van der Waals surface area (Å²) in [5, 5.41) is 13.0. The predicted octanol–water partition coefficient (Wildman–Crippen LogP) is 3.94. The minimum atomic E-state index is 0.322. The Kier molecular flexibility index (Phi) is 4.58. The molecule has 0 bridgehead atoms. The zero-order chi connectivity index (χ0) is 13.7. The molecule has 0 saturated carbocycles. The smallest absolute Gasteiger partial charge is 0.115 e. The minimum Gasteiger partial charge on any atom is -0.508 e. The van der Waals surface area contributed by atoms with Crippen LogP contribution in [0.2, 0.25) is 0 Å². The molecule has 0 spiro atoms. The summed E-state index contributed by atoms with van der Waals surface area (Å²) in [5.74, 6) is 0.322. The summed E-state index contributed by atoms with van der Waals surface area (Å²) >= 11 is 0. The lowest BCUT2D eigenvalue weighted by atomic mass is 10.0. The van der Waals surface area contributed by atoms with E-state index in [2.05, 4.69) is 43.4 Å². The average molecular weight is 255 g/mol. The van der Waals surface area contributed by atoms with Crippen molar-refractivity contribution in [2.45, 2.75) is 32.9 Å². The number of rotatable bonds is 5. The van der Waals surface area contributed by atoms with Crippen molar-refractivity contribution in [3.8, 4) is 5.75 Å². The maximum Gasteiger partial charge on any atom is 0.115 e. The van der Waals surface area contributed by atoms with Gasteiger partial charge in [-0.05, 0) is 36.6 Å². The number of aromatic hydroxyl groups is 1. The number of hydrogen-bond donors (Lipinski definition) is 2. The van der Waals surface area contributed by atoms with Gasteiger partial charge in [0.05, 0.1) is 0 Å². The fraction of sp³-hybridized carbons (Fsp3) is 0.294. The summed E-state index contributed by atoms with van der Waals surface area (Å²) in [6.07, 6.45) is 1.04. The van der Waals surface area contributed by atoms with Crippen LogP contribution in [0.15, 0.2) is 48.5 Å². The first-order valence-corrected chi connectivity index (χ1v) is 6.77. The molecule has 1 unspecified atom stereocenters. The standard InChI is InChI=1S/C17H21NO/c1-3-17(15-9-7-13(2)8-10-15)18-12-14-5-4-6-16(19)11-14/h4-11,17-19H,3,12H2,1-2H3. The van der Waals surface area contributed by atoms with E-state index in [1.807, 2.05) is 12.1 Å². The molecule has 0 aliphatic carbocycles. The number of hydrogen-bond acceptors (Lipinski definition) is 2. The Labute approximate surface area is 115 Å². The van der Waals surface area contributed by atoms with Gasteiger partial charge >= 0.3 is 0 Å². The third-order valence-corrected chi connectivity index (χ3v) is 3.35. The molecule has 2 heteroatoms. The molecule has 0 aliphatic heterocycles. The lowest BCUT2D eigenvalue weighted by molar-refractivity contribution is 0.472. The summed E-state index contributed by atoms with van der Waals surface area (Å²) in [7, 11) is 0. The maximum absolute atomic E-state index is 9.46. The van der Waals surface area contributed by atoms with Crippen molar-refractivity contribution < 1.29 is 5.11 Å². The quantitative estimate of drug-likeness (QED) is 0.848. The van der Waals surface area contributed by atoms with Crippen molar-refractivity contribution in [3.05, 3.63) is 65.2 Å². The Morgan fingerprint density at radius 3 is 2.47 bits per heavy atom. The van der Waals surface area contributed by atoms with Gasteiger partial charge in [0.15, 0.2) is 0 Å². The monoisotopic (exact) mass is 255 g/mol. The average Bonchev–Trinajstić information content (AvgIpc) is 2.41. The third kappa shape index (κ3) is 3.83. The molecule has 0 amide bonds. The SMILES string of the molecule is CCC(NCc1cccc(O)c1)c1ccc(C)cc1. The van der Waals surface area contributed by atoms with Gasteiger partial charge in [-0.3, -0.25) is 0 Å².